The molecule has 0 aromatic heterocycles. The van der Waals surface area contributed by atoms with Gasteiger partial charge in [-0.3, -0.25) is 4.79 Å². The lowest BCUT2D eigenvalue weighted by Crippen LogP contribution is -2.21. The molecule has 1 amide bonds. The number of nitrogens with one attached hydrogen (secondary N) is 1. The highest BCUT2D eigenvalue weighted by Crippen LogP contribution is 2.27. The van der Waals surface area contributed by atoms with Gasteiger partial charge in [-0.05, 0) is 24.6 Å². The maximum Gasteiger partial charge on any atom is 0.218 e. The summed E-state index contributed by atoms with van der Waals surface area (Å²) in [5.74, 6) is 1.15. The third-order valence-corrected chi connectivity index (χ3v) is 2.41. The van der Waals surface area contributed by atoms with Gasteiger partial charge in [0.15, 0.2) is 11.5 Å². The summed E-state index contributed by atoms with van der Waals surface area (Å²) in [4.78, 5) is 10.6. The van der Waals surface area contributed by atoms with Crippen LogP contribution in [0.4, 0.5) is 0 Å². The van der Waals surface area contributed by atoms with Crippen molar-refractivity contribution >= 4 is 5.91 Å². The van der Waals surface area contributed by atoms with E-state index in [2.05, 4.69) is 5.32 Å². The maximum atomic E-state index is 10.6. The van der Waals surface area contributed by atoms with Crippen LogP contribution >= 0.6 is 0 Å². The quantitative estimate of drug-likeness (QED) is 0.678. The van der Waals surface area contributed by atoms with Gasteiger partial charge in [-0.25, -0.2) is 0 Å². The molecular formula is C13H20N2O3. The summed E-state index contributed by atoms with van der Waals surface area (Å²) in [5.41, 5.74) is 6.12. The molecular weight excluding hydrogens is 232 g/mol. The minimum absolute atomic E-state index is 0.299. The Kier molecular flexibility index (Phi) is 6.00. The molecule has 0 aliphatic rings. The minimum atomic E-state index is -0.299. The molecule has 18 heavy (non-hydrogen) atoms. The van der Waals surface area contributed by atoms with E-state index < -0.39 is 0 Å². The molecule has 0 unspecified atom stereocenters. The van der Waals surface area contributed by atoms with E-state index in [4.69, 9.17) is 15.2 Å². The van der Waals surface area contributed by atoms with Crippen LogP contribution in [0.2, 0.25) is 0 Å². The van der Waals surface area contributed by atoms with Crippen LogP contribution in [-0.2, 0) is 11.3 Å². The molecule has 0 atom stereocenters. The van der Waals surface area contributed by atoms with Crippen LogP contribution in [-0.4, -0.2) is 26.2 Å². The molecule has 100 valence electrons. The molecule has 5 heteroatoms. The van der Waals surface area contributed by atoms with Gasteiger partial charge in [0.05, 0.1) is 13.7 Å². The van der Waals surface area contributed by atoms with Gasteiger partial charge >= 0.3 is 0 Å². The lowest BCUT2D eigenvalue weighted by Gasteiger charge is -2.11. The molecule has 0 aliphatic heterocycles. The second-order valence-electron chi connectivity index (χ2n) is 3.81. The zero-order chi connectivity index (χ0) is 13.4. The lowest BCUT2D eigenvalue weighted by molar-refractivity contribution is -0.117. The summed E-state index contributed by atoms with van der Waals surface area (Å²) in [6.45, 7) is 3.77. The molecule has 0 radical (unpaired) electrons. The molecule has 3 N–H and O–H groups in total. The summed E-state index contributed by atoms with van der Waals surface area (Å²) in [6.07, 6.45) is 0.341. The summed E-state index contributed by atoms with van der Waals surface area (Å²) in [6, 6.07) is 5.76. The summed E-state index contributed by atoms with van der Waals surface area (Å²) < 4.78 is 10.7. The molecule has 0 saturated carbocycles. The largest absolute Gasteiger partial charge is 0.493 e. The number of rotatable bonds is 8. The molecule has 1 rings (SSSR count). The fraction of sp³-hybridized carbons (Fsp3) is 0.462. The standard InChI is InChI=1S/C13H20N2O3/c1-3-18-11-5-4-10(8-12(11)17-2)9-15-7-6-13(14)16/h4-5,8,15H,3,6-7,9H2,1-2H3,(H2,14,16). The molecule has 0 saturated heterocycles. The predicted octanol–water partition coefficient (Wildman–Crippen LogP) is 1.06. The van der Waals surface area contributed by atoms with Crippen molar-refractivity contribution in [2.24, 2.45) is 5.73 Å². The van der Waals surface area contributed by atoms with Crippen molar-refractivity contribution in [1.82, 2.24) is 5.32 Å². The number of methoxy groups -OCH3 is 1. The van der Waals surface area contributed by atoms with Crippen LogP contribution in [0.25, 0.3) is 0 Å². The van der Waals surface area contributed by atoms with Gasteiger partial charge in [0.2, 0.25) is 5.91 Å². The number of benzene rings is 1. The molecule has 0 heterocycles. The molecule has 0 spiro atoms. The molecule has 1 aromatic rings. The normalized spacial score (nSPS) is 10.1. The Labute approximate surface area is 107 Å². The first-order valence-electron chi connectivity index (χ1n) is 5.96. The highest BCUT2D eigenvalue weighted by atomic mass is 16.5. The first kappa shape index (κ1) is 14.3. The van der Waals surface area contributed by atoms with Crippen LogP contribution in [0.3, 0.4) is 0 Å². The highest BCUT2D eigenvalue weighted by molar-refractivity contribution is 5.73. The first-order valence-corrected chi connectivity index (χ1v) is 5.96. The van der Waals surface area contributed by atoms with E-state index >= 15 is 0 Å². The van der Waals surface area contributed by atoms with Crippen LogP contribution in [0.15, 0.2) is 18.2 Å². The Morgan fingerprint density at radius 1 is 1.39 bits per heavy atom. The van der Waals surface area contributed by atoms with E-state index in [1.807, 2.05) is 25.1 Å². The molecule has 5 nitrogen and oxygen atoms in total. The smallest absolute Gasteiger partial charge is 0.218 e. The Balaban J connectivity index is 2.53. The van der Waals surface area contributed by atoms with Gasteiger partial charge in [0, 0.05) is 19.5 Å². The van der Waals surface area contributed by atoms with Crippen LogP contribution in [0.1, 0.15) is 18.9 Å². The van der Waals surface area contributed by atoms with Crippen molar-refractivity contribution < 1.29 is 14.3 Å². The predicted molar refractivity (Wildman–Crippen MR) is 69.7 cm³/mol. The lowest BCUT2D eigenvalue weighted by atomic mass is 10.2. The van der Waals surface area contributed by atoms with Crippen molar-refractivity contribution in [2.45, 2.75) is 19.9 Å². The number of carbonyl (C=O) groups is 1. The van der Waals surface area contributed by atoms with Crippen molar-refractivity contribution in [3.63, 3.8) is 0 Å². The average Bonchev–Trinajstić information content (AvgIpc) is 2.36. The van der Waals surface area contributed by atoms with Crippen LogP contribution in [0, 0.1) is 0 Å². The van der Waals surface area contributed by atoms with E-state index in [-0.39, 0.29) is 5.91 Å². The number of amides is 1. The minimum Gasteiger partial charge on any atom is -0.493 e. The van der Waals surface area contributed by atoms with E-state index in [0.29, 0.717) is 31.9 Å². The van der Waals surface area contributed by atoms with Crippen molar-refractivity contribution in [1.29, 1.82) is 0 Å². The Hall–Kier alpha value is -1.75. The van der Waals surface area contributed by atoms with Crippen molar-refractivity contribution in [2.75, 3.05) is 20.3 Å². The van der Waals surface area contributed by atoms with Gasteiger partial charge in [-0.2, -0.15) is 0 Å². The fourth-order valence-electron chi connectivity index (χ4n) is 1.54. The van der Waals surface area contributed by atoms with Crippen molar-refractivity contribution in [3.8, 4) is 11.5 Å². The number of primary amides is 1. The molecule has 0 fully saturated rings. The van der Waals surface area contributed by atoms with E-state index in [1.54, 1.807) is 7.11 Å². The molecule has 0 aliphatic carbocycles. The summed E-state index contributed by atoms with van der Waals surface area (Å²) >= 11 is 0. The number of carbonyl (C=O) groups excluding carboxylic acids is 1. The van der Waals surface area contributed by atoms with Crippen LogP contribution < -0.4 is 20.5 Å². The van der Waals surface area contributed by atoms with Crippen molar-refractivity contribution in [3.05, 3.63) is 23.8 Å². The number of nitrogens with two attached hydrogens (primary N) is 1. The van der Waals surface area contributed by atoms with Gasteiger partial charge in [0.25, 0.3) is 0 Å². The number of hydrogen-bond acceptors (Lipinski definition) is 4. The first-order chi connectivity index (χ1) is 8.67. The fourth-order valence-corrected chi connectivity index (χ4v) is 1.54. The highest BCUT2D eigenvalue weighted by Gasteiger charge is 2.05. The topological polar surface area (TPSA) is 73.6 Å². The Bertz CT molecular complexity index is 394. The summed E-state index contributed by atoms with van der Waals surface area (Å²) in [7, 11) is 1.61. The van der Waals surface area contributed by atoms with E-state index in [9.17, 15) is 4.79 Å². The summed E-state index contributed by atoms with van der Waals surface area (Å²) in [5, 5.41) is 3.14. The second kappa shape index (κ2) is 7.55. The maximum absolute atomic E-state index is 10.6. The second-order valence-corrected chi connectivity index (χ2v) is 3.81. The third kappa shape index (κ3) is 4.63. The number of ether oxygens (including phenoxy) is 2. The average molecular weight is 252 g/mol. The Morgan fingerprint density at radius 2 is 2.17 bits per heavy atom. The van der Waals surface area contributed by atoms with Gasteiger partial charge in [0.1, 0.15) is 0 Å². The van der Waals surface area contributed by atoms with Crippen LogP contribution in [0.5, 0.6) is 11.5 Å². The van der Waals surface area contributed by atoms with E-state index in [1.165, 1.54) is 0 Å². The van der Waals surface area contributed by atoms with Gasteiger partial charge in [-0.15, -0.1) is 0 Å². The zero-order valence-electron chi connectivity index (χ0n) is 10.9. The van der Waals surface area contributed by atoms with Gasteiger partial charge in [-0.1, -0.05) is 6.07 Å². The Morgan fingerprint density at radius 3 is 2.78 bits per heavy atom. The molecule has 0 bridgehead atoms. The van der Waals surface area contributed by atoms with E-state index in [0.717, 1.165) is 11.3 Å². The zero-order valence-corrected chi connectivity index (χ0v) is 10.9. The monoisotopic (exact) mass is 252 g/mol. The number of hydrogen-bond donors (Lipinski definition) is 2. The molecule has 1 aromatic carbocycles. The third-order valence-electron chi connectivity index (χ3n) is 2.41. The van der Waals surface area contributed by atoms with Gasteiger partial charge < -0.3 is 20.5 Å². The SMILES string of the molecule is CCOc1ccc(CNCCC(N)=O)cc1OC.